The number of hydrogen-bond donors (Lipinski definition) is 1. The Bertz CT molecular complexity index is 791. The number of anilines is 2. The van der Waals surface area contributed by atoms with E-state index in [-0.39, 0.29) is 5.82 Å². The van der Waals surface area contributed by atoms with E-state index in [2.05, 4.69) is 49.5 Å². The van der Waals surface area contributed by atoms with Crippen LogP contribution < -0.4 is 5.32 Å². The van der Waals surface area contributed by atoms with E-state index in [9.17, 15) is 4.39 Å². The van der Waals surface area contributed by atoms with Gasteiger partial charge in [0.2, 0.25) is 0 Å². The molecule has 0 bridgehead atoms. The Morgan fingerprint density at radius 1 is 0.727 bits per heavy atom. The highest BCUT2D eigenvalue weighted by Gasteiger charge is 2.08. The second-order valence-electron chi connectivity index (χ2n) is 5.42. The Morgan fingerprint density at radius 3 is 2.14 bits per heavy atom. The number of hydrogen-bond acceptors (Lipinski definition) is 1. The summed E-state index contributed by atoms with van der Waals surface area (Å²) in [5, 5.41) is 3.36. The third-order valence-corrected chi connectivity index (χ3v) is 3.89. The summed E-state index contributed by atoms with van der Waals surface area (Å²) in [7, 11) is 0. The summed E-state index contributed by atoms with van der Waals surface area (Å²) < 4.78 is 13.0. The summed E-state index contributed by atoms with van der Waals surface area (Å²) in [6, 6.07) is 21.0. The highest BCUT2D eigenvalue weighted by Crippen LogP contribution is 2.32. The molecule has 1 N–H and O–H groups in total. The van der Waals surface area contributed by atoms with Crippen molar-refractivity contribution in [3.05, 3.63) is 83.7 Å². The third-order valence-electron chi connectivity index (χ3n) is 3.89. The standard InChI is InChI=1S/C20H18FN/c1-14-6-3-4-7-18(14)19-8-5-9-20(15(19)2)22-17-12-10-16(21)11-13-17/h3-13,22H,1-2H3. The molecule has 0 radical (unpaired) electrons. The number of benzene rings is 3. The largest absolute Gasteiger partial charge is 0.355 e. The molecule has 0 heterocycles. The molecule has 1 nitrogen and oxygen atoms in total. The van der Waals surface area contributed by atoms with Gasteiger partial charge in [-0.3, -0.25) is 0 Å². The minimum absolute atomic E-state index is 0.226. The molecule has 0 atom stereocenters. The SMILES string of the molecule is Cc1ccccc1-c1cccc(Nc2ccc(F)cc2)c1C. The molecule has 0 aliphatic carbocycles. The normalized spacial score (nSPS) is 10.5. The minimum atomic E-state index is -0.226. The molecule has 0 fully saturated rings. The van der Waals surface area contributed by atoms with Crippen molar-refractivity contribution >= 4 is 11.4 Å². The quantitative estimate of drug-likeness (QED) is 0.638. The summed E-state index contributed by atoms with van der Waals surface area (Å²) in [6.45, 7) is 4.22. The summed E-state index contributed by atoms with van der Waals surface area (Å²) in [5.74, 6) is -0.226. The number of rotatable bonds is 3. The Kier molecular flexibility index (Phi) is 3.92. The fourth-order valence-electron chi connectivity index (χ4n) is 2.63. The lowest BCUT2D eigenvalue weighted by Crippen LogP contribution is -1.95. The highest BCUT2D eigenvalue weighted by atomic mass is 19.1. The van der Waals surface area contributed by atoms with E-state index in [0.29, 0.717) is 0 Å². The highest BCUT2D eigenvalue weighted by molar-refractivity contribution is 5.77. The van der Waals surface area contributed by atoms with Gasteiger partial charge in [0.05, 0.1) is 0 Å². The Hall–Kier alpha value is -2.61. The van der Waals surface area contributed by atoms with Crippen LogP contribution in [0, 0.1) is 19.7 Å². The van der Waals surface area contributed by atoms with Crippen LogP contribution in [0.15, 0.2) is 66.7 Å². The summed E-state index contributed by atoms with van der Waals surface area (Å²) >= 11 is 0. The zero-order valence-electron chi connectivity index (χ0n) is 12.7. The molecule has 22 heavy (non-hydrogen) atoms. The maximum absolute atomic E-state index is 13.0. The van der Waals surface area contributed by atoms with E-state index in [4.69, 9.17) is 0 Å². The van der Waals surface area contributed by atoms with E-state index >= 15 is 0 Å². The molecule has 2 heteroatoms. The van der Waals surface area contributed by atoms with Crippen molar-refractivity contribution in [3.63, 3.8) is 0 Å². The lowest BCUT2D eigenvalue weighted by atomic mass is 9.95. The van der Waals surface area contributed by atoms with Crippen molar-refractivity contribution in [2.75, 3.05) is 5.32 Å². The van der Waals surface area contributed by atoms with Gasteiger partial charge in [-0.25, -0.2) is 4.39 Å². The molecule has 3 aromatic rings. The number of halogens is 1. The molecule has 0 saturated heterocycles. The molecule has 0 aromatic heterocycles. The van der Waals surface area contributed by atoms with Crippen LogP contribution in [0.25, 0.3) is 11.1 Å². The van der Waals surface area contributed by atoms with Crippen molar-refractivity contribution in [1.29, 1.82) is 0 Å². The summed E-state index contributed by atoms with van der Waals surface area (Å²) in [6.07, 6.45) is 0. The molecule has 0 aliphatic heterocycles. The topological polar surface area (TPSA) is 12.0 Å². The Morgan fingerprint density at radius 2 is 1.41 bits per heavy atom. The molecule has 3 aromatic carbocycles. The predicted molar refractivity (Wildman–Crippen MR) is 91.0 cm³/mol. The molecule has 3 rings (SSSR count). The lowest BCUT2D eigenvalue weighted by molar-refractivity contribution is 0.628. The van der Waals surface area contributed by atoms with Crippen molar-refractivity contribution in [3.8, 4) is 11.1 Å². The van der Waals surface area contributed by atoms with Crippen LogP contribution in [0.2, 0.25) is 0 Å². The molecular weight excluding hydrogens is 273 g/mol. The predicted octanol–water partition coefficient (Wildman–Crippen LogP) is 5.85. The van der Waals surface area contributed by atoms with Crippen LogP contribution >= 0.6 is 0 Å². The monoisotopic (exact) mass is 291 g/mol. The van der Waals surface area contributed by atoms with Crippen LogP contribution in [-0.4, -0.2) is 0 Å². The first-order valence-corrected chi connectivity index (χ1v) is 7.33. The fourth-order valence-corrected chi connectivity index (χ4v) is 2.63. The average Bonchev–Trinajstić information content (AvgIpc) is 2.52. The van der Waals surface area contributed by atoms with Gasteiger partial charge in [-0.1, -0.05) is 36.4 Å². The first-order chi connectivity index (χ1) is 10.6. The maximum Gasteiger partial charge on any atom is 0.123 e. The van der Waals surface area contributed by atoms with E-state index < -0.39 is 0 Å². The summed E-state index contributed by atoms with van der Waals surface area (Å²) in [5.41, 5.74) is 6.80. The van der Waals surface area contributed by atoms with Crippen molar-refractivity contribution in [1.82, 2.24) is 0 Å². The summed E-state index contributed by atoms with van der Waals surface area (Å²) in [4.78, 5) is 0. The fraction of sp³-hybridized carbons (Fsp3) is 0.100. The van der Waals surface area contributed by atoms with Gasteiger partial charge in [-0.15, -0.1) is 0 Å². The van der Waals surface area contributed by atoms with Gasteiger partial charge >= 0.3 is 0 Å². The van der Waals surface area contributed by atoms with Crippen molar-refractivity contribution in [2.24, 2.45) is 0 Å². The zero-order chi connectivity index (χ0) is 15.5. The van der Waals surface area contributed by atoms with Gasteiger partial charge in [0.15, 0.2) is 0 Å². The van der Waals surface area contributed by atoms with Crippen molar-refractivity contribution < 1.29 is 4.39 Å². The average molecular weight is 291 g/mol. The van der Waals surface area contributed by atoms with Gasteiger partial charge < -0.3 is 5.32 Å². The van der Waals surface area contributed by atoms with Crippen LogP contribution in [-0.2, 0) is 0 Å². The molecule has 0 unspecified atom stereocenters. The lowest BCUT2D eigenvalue weighted by Gasteiger charge is -2.15. The molecule has 0 spiro atoms. The van der Waals surface area contributed by atoms with Gasteiger partial charge in [0, 0.05) is 11.4 Å². The molecule has 110 valence electrons. The number of aryl methyl sites for hydroxylation is 1. The van der Waals surface area contributed by atoms with Gasteiger partial charge in [-0.2, -0.15) is 0 Å². The first-order valence-electron chi connectivity index (χ1n) is 7.33. The molecule has 0 aliphatic rings. The third kappa shape index (κ3) is 2.86. The van der Waals surface area contributed by atoms with Crippen LogP contribution in [0.5, 0.6) is 0 Å². The van der Waals surface area contributed by atoms with Crippen LogP contribution in [0.3, 0.4) is 0 Å². The van der Waals surface area contributed by atoms with Gasteiger partial charge in [0.1, 0.15) is 5.82 Å². The zero-order valence-corrected chi connectivity index (χ0v) is 12.7. The molecular formula is C20H18FN. The maximum atomic E-state index is 13.0. The smallest absolute Gasteiger partial charge is 0.123 e. The van der Waals surface area contributed by atoms with E-state index in [1.54, 1.807) is 12.1 Å². The van der Waals surface area contributed by atoms with E-state index in [1.807, 2.05) is 12.1 Å². The second-order valence-corrected chi connectivity index (χ2v) is 5.42. The second kappa shape index (κ2) is 6.02. The minimum Gasteiger partial charge on any atom is -0.355 e. The van der Waals surface area contributed by atoms with E-state index in [1.165, 1.54) is 34.4 Å². The number of nitrogens with one attached hydrogen (secondary N) is 1. The van der Waals surface area contributed by atoms with Gasteiger partial charge in [-0.05, 0) is 66.4 Å². The van der Waals surface area contributed by atoms with Crippen LogP contribution in [0.1, 0.15) is 11.1 Å². The molecule has 0 amide bonds. The Labute approximate surface area is 130 Å². The Balaban J connectivity index is 1.99. The van der Waals surface area contributed by atoms with Crippen molar-refractivity contribution in [2.45, 2.75) is 13.8 Å². The van der Waals surface area contributed by atoms with E-state index in [0.717, 1.165) is 11.4 Å². The first kappa shape index (κ1) is 14.3. The van der Waals surface area contributed by atoms with Gasteiger partial charge in [0.25, 0.3) is 0 Å². The van der Waals surface area contributed by atoms with Crippen LogP contribution in [0.4, 0.5) is 15.8 Å². The molecule has 0 saturated carbocycles.